The van der Waals surface area contributed by atoms with Gasteiger partial charge in [-0.1, -0.05) is 29.4 Å². The molecule has 0 fully saturated rings. The zero-order chi connectivity index (χ0) is 23.7. The summed E-state index contributed by atoms with van der Waals surface area (Å²) >= 11 is 7.30. The standard InChI is InChI=1S/C21H24ClN3O6S/c1-4-31-15-6-5-12(9-14(15)22)17-13(10-23)20(25-19(27)18(17)21(28)30-3)32-11-16(26)24-7-8-29-2/h5-6,9,17-18H,4,7-8,11H2,1-3H3,(H,24,26)(H,25,27)/t17-,18-/m1/s1. The minimum atomic E-state index is -1.29. The van der Waals surface area contributed by atoms with Gasteiger partial charge in [-0.25, -0.2) is 0 Å². The zero-order valence-corrected chi connectivity index (χ0v) is 19.5. The molecule has 0 saturated heterocycles. The number of nitrogens with one attached hydrogen (secondary N) is 2. The predicted molar refractivity (Wildman–Crippen MR) is 119 cm³/mol. The molecule has 1 aliphatic heterocycles. The van der Waals surface area contributed by atoms with Gasteiger partial charge in [-0.3, -0.25) is 14.4 Å². The molecule has 0 aliphatic carbocycles. The molecule has 0 aromatic heterocycles. The van der Waals surface area contributed by atoms with E-state index in [-0.39, 0.29) is 27.3 Å². The summed E-state index contributed by atoms with van der Waals surface area (Å²) in [5.41, 5.74) is 0.609. The van der Waals surface area contributed by atoms with E-state index in [1.165, 1.54) is 14.2 Å². The lowest BCUT2D eigenvalue weighted by molar-refractivity contribution is -0.150. The van der Waals surface area contributed by atoms with Gasteiger partial charge in [0.05, 0.1) is 47.8 Å². The number of hydrogen-bond donors (Lipinski definition) is 2. The van der Waals surface area contributed by atoms with Crippen molar-refractivity contribution in [3.05, 3.63) is 39.4 Å². The Kier molecular flexibility index (Phi) is 9.84. The highest BCUT2D eigenvalue weighted by molar-refractivity contribution is 8.03. The van der Waals surface area contributed by atoms with E-state index >= 15 is 0 Å². The Morgan fingerprint density at radius 1 is 1.34 bits per heavy atom. The average molecular weight is 482 g/mol. The van der Waals surface area contributed by atoms with E-state index in [2.05, 4.69) is 16.7 Å². The van der Waals surface area contributed by atoms with Gasteiger partial charge in [0, 0.05) is 19.6 Å². The number of amides is 2. The topological polar surface area (TPSA) is 127 Å². The van der Waals surface area contributed by atoms with Crippen molar-refractivity contribution < 1.29 is 28.6 Å². The third-order valence-corrected chi connectivity index (χ3v) is 5.89. The molecule has 0 spiro atoms. The summed E-state index contributed by atoms with van der Waals surface area (Å²) in [5, 5.41) is 15.6. The van der Waals surface area contributed by atoms with Crippen LogP contribution in [0.25, 0.3) is 0 Å². The van der Waals surface area contributed by atoms with E-state index in [1.807, 2.05) is 6.92 Å². The first-order valence-electron chi connectivity index (χ1n) is 9.71. The molecule has 0 unspecified atom stereocenters. The molecule has 0 saturated carbocycles. The number of allylic oxidation sites excluding steroid dienone is 1. The van der Waals surface area contributed by atoms with Crippen molar-refractivity contribution in [3.8, 4) is 11.8 Å². The molecule has 1 aliphatic rings. The van der Waals surface area contributed by atoms with Crippen molar-refractivity contribution in [2.24, 2.45) is 5.92 Å². The highest BCUT2D eigenvalue weighted by atomic mass is 35.5. The second kappa shape index (κ2) is 12.3. The maximum absolute atomic E-state index is 12.8. The number of hydrogen-bond acceptors (Lipinski definition) is 8. The molecule has 2 atom stereocenters. The third kappa shape index (κ3) is 6.16. The lowest BCUT2D eigenvalue weighted by Crippen LogP contribution is -2.44. The fourth-order valence-corrected chi connectivity index (χ4v) is 4.27. The van der Waals surface area contributed by atoms with Crippen LogP contribution in [0.1, 0.15) is 18.4 Å². The predicted octanol–water partition coefficient (Wildman–Crippen LogP) is 1.97. The van der Waals surface area contributed by atoms with Crippen molar-refractivity contribution in [1.29, 1.82) is 5.26 Å². The number of thioether (sulfide) groups is 1. The Balaban J connectivity index is 2.42. The average Bonchev–Trinajstić information content (AvgIpc) is 2.78. The van der Waals surface area contributed by atoms with Gasteiger partial charge < -0.3 is 24.8 Å². The molecule has 1 aromatic rings. The lowest BCUT2D eigenvalue weighted by atomic mass is 9.78. The third-order valence-electron chi connectivity index (χ3n) is 4.57. The summed E-state index contributed by atoms with van der Waals surface area (Å²) in [7, 11) is 2.69. The van der Waals surface area contributed by atoms with E-state index in [0.717, 1.165) is 11.8 Å². The van der Waals surface area contributed by atoms with Gasteiger partial charge in [0.15, 0.2) is 0 Å². The summed E-state index contributed by atoms with van der Waals surface area (Å²) in [6.07, 6.45) is 0. The minimum Gasteiger partial charge on any atom is -0.492 e. The zero-order valence-electron chi connectivity index (χ0n) is 17.9. The van der Waals surface area contributed by atoms with Crippen LogP contribution in [-0.4, -0.2) is 57.5 Å². The van der Waals surface area contributed by atoms with Crippen LogP contribution >= 0.6 is 23.4 Å². The van der Waals surface area contributed by atoms with Crippen LogP contribution in [0.3, 0.4) is 0 Å². The summed E-state index contributed by atoms with van der Waals surface area (Å²) < 4.78 is 15.1. The fourth-order valence-electron chi connectivity index (χ4n) is 3.14. The van der Waals surface area contributed by atoms with Gasteiger partial charge >= 0.3 is 5.97 Å². The maximum atomic E-state index is 12.8. The molecule has 2 N–H and O–H groups in total. The molecule has 1 heterocycles. The van der Waals surface area contributed by atoms with Crippen LogP contribution in [0.5, 0.6) is 5.75 Å². The Morgan fingerprint density at radius 3 is 2.69 bits per heavy atom. The molecule has 1 aromatic carbocycles. The van der Waals surface area contributed by atoms with Crippen molar-refractivity contribution >= 4 is 41.1 Å². The summed E-state index contributed by atoms with van der Waals surface area (Å²) in [4.78, 5) is 37.3. The second-order valence-electron chi connectivity index (χ2n) is 6.58. The molecule has 2 amide bonds. The molecule has 172 valence electrons. The highest BCUT2D eigenvalue weighted by Gasteiger charge is 2.44. The van der Waals surface area contributed by atoms with Gasteiger partial charge in [0.25, 0.3) is 0 Å². The van der Waals surface area contributed by atoms with Gasteiger partial charge in [0.1, 0.15) is 11.7 Å². The molecular weight excluding hydrogens is 458 g/mol. The van der Waals surface area contributed by atoms with Gasteiger partial charge in [-0.2, -0.15) is 5.26 Å². The summed E-state index contributed by atoms with van der Waals surface area (Å²) in [5.74, 6) is -3.53. The minimum absolute atomic E-state index is 0.0375. The Morgan fingerprint density at radius 2 is 2.09 bits per heavy atom. The molecular formula is C21H24ClN3O6S. The first-order valence-corrected chi connectivity index (χ1v) is 11.1. The smallest absolute Gasteiger partial charge is 0.319 e. The molecule has 0 radical (unpaired) electrons. The maximum Gasteiger partial charge on any atom is 0.319 e. The number of methoxy groups -OCH3 is 2. The number of benzene rings is 1. The summed E-state index contributed by atoms with van der Waals surface area (Å²) in [6.45, 7) is 2.92. The SMILES string of the molecule is CCOc1ccc([C@@H]2C(C#N)=C(SCC(=O)NCCOC)NC(=O)[C@@H]2C(=O)OC)cc1Cl. The van der Waals surface area contributed by atoms with E-state index in [0.29, 0.717) is 31.1 Å². The normalized spacial score (nSPS) is 17.9. The Bertz CT molecular complexity index is 946. The number of ether oxygens (including phenoxy) is 3. The molecule has 32 heavy (non-hydrogen) atoms. The van der Waals surface area contributed by atoms with Gasteiger partial charge in [0.2, 0.25) is 11.8 Å². The van der Waals surface area contributed by atoms with Crippen LogP contribution in [0.4, 0.5) is 0 Å². The number of nitriles is 1. The van der Waals surface area contributed by atoms with Crippen molar-refractivity contribution in [1.82, 2.24) is 10.6 Å². The van der Waals surface area contributed by atoms with E-state index in [4.69, 9.17) is 25.8 Å². The van der Waals surface area contributed by atoms with Crippen molar-refractivity contribution in [2.45, 2.75) is 12.8 Å². The molecule has 9 nitrogen and oxygen atoms in total. The van der Waals surface area contributed by atoms with Crippen LogP contribution in [0.2, 0.25) is 5.02 Å². The fraction of sp³-hybridized carbons (Fsp3) is 0.429. The second-order valence-corrected chi connectivity index (χ2v) is 7.97. The lowest BCUT2D eigenvalue weighted by Gasteiger charge is -2.31. The molecule has 11 heteroatoms. The van der Waals surface area contributed by atoms with E-state index in [1.54, 1.807) is 18.2 Å². The van der Waals surface area contributed by atoms with E-state index < -0.39 is 23.7 Å². The Labute approximate surface area is 195 Å². The van der Waals surface area contributed by atoms with Gasteiger partial charge in [-0.15, -0.1) is 0 Å². The first-order chi connectivity index (χ1) is 15.4. The number of carbonyl (C=O) groups is 3. The number of carbonyl (C=O) groups excluding carboxylic acids is 3. The summed E-state index contributed by atoms with van der Waals surface area (Å²) in [6, 6.07) is 6.90. The Hall–Kier alpha value is -2.74. The first kappa shape index (κ1) is 25.5. The van der Waals surface area contributed by atoms with Crippen LogP contribution in [-0.2, 0) is 23.9 Å². The number of rotatable bonds is 10. The number of nitrogens with zero attached hydrogens (tertiary/aromatic N) is 1. The highest BCUT2D eigenvalue weighted by Crippen LogP contribution is 2.41. The monoisotopic (exact) mass is 481 g/mol. The van der Waals surface area contributed by atoms with Gasteiger partial charge in [-0.05, 0) is 24.6 Å². The quantitative estimate of drug-likeness (QED) is 0.295. The molecule has 2 rings (SSSR count). The molecule has 0 bridgehead atoms. The van der Waals surface area contributed by atoms with E-state index in [9.17, 15) is 19.6 Å². The van der Waals surface area contributed by atoms with Crippen molar-refractivity contribution in [2.75, 3.05) is 39.7 Å². The van der Waals surface area contributed by atoms with Crippen molar-refractivity contribution in [3.63, 3.8) is 0 Å². The van der Waals surface area contributed by atoms with Crippen LogP contribution in [0, 0.1) is 17.2 Å². The van der Waals surface area contributed by atoms with Crippen LogP contribution < -0.4 is 15.4 Å². The van der Waals surface area contributed by atoms with Crippen LogP contribution in [0.15, 0.2) is 28.8 Å². The number of esters is 1. The number of halogens is 1. The largest absolute Gasteiger partial charge is 0.492 e.